The van der Waals surface area contributed by atoms with Crippen LogP contribution in [0.5, 0.6) is 0 Å². The average molecular weight is 343 g/mol. The fourth-order valence-electron chi connectivity index (χ4n) is 4.91. The van der Waals surface area contributed by atoms with Gasteiger partial charge < -0.3 is 14.4 Å². The molecule has 4 nitrogen and oxygen atoms in total. The summed E-state index contributed by atoms with van der Waals surface area (Å²) in [6.45, 7) is 5.17. The summed E-state index contributed by atoms with van der Waals surface area (Å²) in [5, 5.41) is 0. The van der Waals surface area contributed by atoms with Crippen molar-refractivity contribution in [1.82, 2.24) is 4.90 Å². The van der Waals surface area contributed by atoms with Crippen LogP contribution in [-0.4, -0.2) is 50.3 Å². The first-order valence-electron chi connectivity index (χ1n) is 9.77. The van der Waals surface area contributed by atoms with Crippen molar-refractivity contribution in [3.05, 3.63) is 35.9 Å². The van der Waals surface area contributed by atoms with Crippen molar-refractivity contribution >= 4 is 5.91 Å². The van der Waals surface area contributed by atoms with Gasteiger partial charge in [0, 0.05) is 43.9 Å². The van der Waals surface area contributed by atoms with E-state index < -0.39 is 0 Å². The van der Waals surface area contributed by atoms with Crippen LogP contribution >= 0.6 is 0 Å². The Morgan fingerprint density at radius 2 is 2.00 bits per heavy atom. The molecular weight excluding hydrogens is 314 g/mol. The number of nitrogens with zero attached hydrogens (tertiary/aromatic N) is 1. The molecule has 2 saturated heterocycles. The Morgan fingerprint density at radius 1 is 1.20 bits per heavy atom. The number of likely N-dealkylation sites (tertiary alicyclic amines) is 1. The molecule has 1 aromatic carbocycles. The number of rotatable bonds is 5. The van der Waals surface area contributed by atoms with Gasteiger partial charge in [0.15, 0.2) is 0 Å². The maximum atomic E-state index is 12.8. The van der Waals surface area contributed by atoms with Gasteiger partial charge in [-0.25, -0.2) is 0 Å². The quantitative estimate of drug-likeness (QED) is 0.823. The summed E-state index contributed by atoms with van der Waals surface area (Å²) in [6, 6.07) is 9.68. The second kappa shape index (κ2) is 7.46. The van der Waals surface area contributed by atoms with Crippen molar-refractivity contribution in [3.8, 4) is 0 Å². The Balaban J connectivity index is 1.36. The highest BCUT2D eigenvalue weighted by atomic mass is 16.5. The molecule has 0 bridgehead atoms. The van der Waals surface area contributed by atoms with E-state index in [1.807, 2.05) is 30.3 Å². The number of hydrogen-bond donors (Lipinski definition) is 0. The molecule has 0 spiro atoms. The second-order valence-corrected chi connectivity index (χ2v) is 8.07. The Hall–Kier alpha value is -1.39. The summed E-state index contributed by atoms with van der Waals surface area (Å²) in [6.07, 6.45) is 5.95. The lowest BCUT2D eigenvalue weighted by atomic mass is 9.81. The maximum absolute atomic E-state index is 12.8. The maximum Gasteiger partial charge on any atom is 0.253 e. The summed E-state index contributed by atoms with van der Waals surface area (Å²) in [4.78, 5) is 14.9. The van der Waals surface area contributed by atoms with E-state index in [1.54, 1.807) is 0 Å². The lowest BCUT2D eigenvalue weighted by Gasteiger charge is -2.30. The van der Waals surface area contributed by atoms with E-state index in [9.17, 15) is 4.79 Å². The third kappa shape index (κ3) is 3.61. The lowest BCUT2D eigenvalue weighted by Crippen LogP contribution is -2.35. The van der Waals surface area contributed by atoms with Gasteiger partial charge >= 0.3 is 0 Å². The summed E-state index contributed by atoms with van der Waals surface area (Å²) in [5.74, 6) is 1.43. The van der Waals surface area contributed by atoms with Crippen molar-refractivity contribution in [2.45, 2.75) is 32.1 Å². The standard InChI is InChI=1S/C21H29NO3/c23-20(18-5-2-1-3-6-18)22-13-19-7-4-10-21(19,15-22)16-25-14-17-8-11-24-12-9-17/h1-3,5-6,17,19H,4,7-16H2/t19-,21+/m0/s1. The largest absolute Gasteiger partial charge is 0.381 e. The third-order valence-corrected chi connectivity index (χ3v) is 6.43. The highest BCUT2D eigenvalue weighted by Gasteiger charge is 2.50. The Kier molecular flexibility index (Phi) is 5.09. The summed E-state index contributed by atoms with van der Waals surface area (Å²) in [7, 11) is 0. The molecule has 3 aliphatic rings. The Bertz CT molecular complexity index is 584. The molecule has 3 fully saturated rings. The molecule has 1 amide bonds. The van der Waals surface area contributed by atoms with Crippen molar-refractivity contribution in [1.29, 1.82) is 0 Å². The van der Waals surface area contributed by atoms with Crippen LogP contribution in [0.3, 0.4) is 0 Å². The molecule has 1 saturated carbocycles. The summed E-state index contributed by atoms with van der Waals surface area (Å²) in [5.41, 5.74) is 0.996. The monoisotopic (exact) mass is 343 g/mol. The number of hydrogen-bond acceptors (Lipinski definition) is 3. The molecule has 0 unspecified atom stereocenters. The molecule has 2 atom stereocenters. The van der Waals surface area contributed by atoms with Crippen molar-refractivity contribution in [2.75, 3.05) is 39.5 Å². The van der Waals surface area contributed by atoms with Crippen LogP contribution in [0.15, 0.2) is 30.3 Å². The number of fused-ring (bicyclic) bond motifs is 1. The molecule has 0 radical (unpaired) electrons. The van der Waals surface area contributed by atoms with E-state index in [2.05, 4.69) is 4.90 Å². The van der Waals surface area contributed by atoms with Gasteiger partial charge in [0.2, 0.25) is 0 Å². The zero-order chi connectivity index (χ0) is 17.1. The first-order valence-corrected chi connectivity index (χ1v) is 9.77. The summed E-state index contributed by atoms with van der Waals surface area (Å²) >= 11 is 0. The first-order chi connectivity index (χ1) is 12.3. The Morgan fingerprint density at radius 3 is 2.80 bits per heavy atom. The van der Waals surface area contributed by atoms with Crippen LogP contribution in [0.1, 0.15) is 42.5 Å². The predicted molar refractivity (Wildman–Crippen MR) is 96.5 cm³/mol. The first kappa shape index (κ1) is 17.0. The topological polar surface area (TPSA) is 38.8 Å². The molecule has 4 rings (SSSR count). The van der Waals surface area contributed by atoms with Crippen LogP contribution in [-0.2, 0) is 9.47 Å². The molecule has 1 aliphatic carbocycles. The van der Waals surface area contributed by atoms with E-state index in [0.29, 0.717) is 11.8 Å². The molecular formula is C21H29NO3. The highest BCUT2D eigenvalue weighted by Crippen LogP contribution is 2.49. The van der Waals surface area contributed by atoms with E-state index in [-0.39, 0.29) is 11.3 Å². The minimum atomic E-state index is 0.179. The van der Waals surface area contributed by atoms with Crippen molar-refractivity contribution in [2.24, 2.45) is 17.3 Å². The summed E-state index contributed by atoms with van der Waals surface area (Å²) < 4.78 is 11.6. The predicted octanol–water partition coefficient (Wildman–Crippen LogP) is 3.37. The Labute approximate surface area is 150 Å². The van der Waals surface area contributed by atoms with Crippen molar-refractivity contribution in [3.63, 3.8) is 0 Å². The molecule has 2 aliphatic heterocycles. The molecule has 0 N–H and O–H groups in total. The van der Waals surface area contributed by atoms with Crippen LogP contribution in [0.2, 0.25) is 0 Å². The fraction of sp³-hybridized carbons (Fsp3) is 0.667. The number of carbonyl (C=O) groups excluding carboxylic acids is 1. The van der Waals surface area contributed by atoms with Crippen LogP contribution in [0.4, 0.5) is 0 Å². The molecule has 4 heteroatoms. The highest BCUT2D eigenvalue weighted by molar-refractivity contribution is 5.94. The van der Waals surface area contributed by atoms with Gasteiger partial charge in [0.25, 0.3) is 5.91 Å². The van der Waals surface area contributed by atoms with Crippen molar-refractivity contribution < 1.29 is 14.3 Å². The number of benzene rings is 1. The normalized spacial score (nSPS) is 29.8. The molecule has 25 heavy (non-hydrogen) atoms. The SMILES string of the molecule is O=C(c1ccccc1)N1C[C@@H]2CCC[C@]2(COCC2CCOCC2)C1. The fourth-order valence-corrected chi connectivity index (χ4v) is 4.91. The molecule has 1 aromatic rings. The van der Waals surface area contributed by atoms with Gasteiger partial charge in [-0.15, -0.1) is 0 Å². The molecule has 2 heterocycles. The van der Waals surface area contributed by atoms with Gasteiger partial charge in [-0.3, -0.25) is 4.79 Å². The van der Waals surface area contributed by atoms with Gasteiger partial charge in [-0.05, 0) is 49.7 Å². The minimum absolute atomic E-state index is 0.179. The zero-order valence-corrected chi connectivity index (χ0v) is 15.0. The zero-order valence-electron chi connectivity index (χ0n) is 15.0. The van der Waals surface area contributed by atoms with Gasteiger partial charge in [-0.2, -0.15) is 0 Å². The number of amides is 1. The third-order valence-electron chi connectivity index (χ3n) is 6.43. The van der Waals surface area contributed by atoms with Gasteiger partial charge in [0.1, 0.15) is 0 Å². The van der Waals surface area contributed by atoms with E-state index >= 15 is 0 Å². The van der Waals surface area contributed by atoms with E-state index in [0.717, 1.165) is 57.9 Å². The second-order valence-electron chi connectivity index (χ2n) is 8.07. The number of ether oxygens (including phenoxy) is 2. The van der Waals surface area contributed by atoms with Crippen LogP contribution in [0, 0.1) is 17.3 Å². The van der Waals surface area contributed by atoms with E-state index in [1.165, 1.54) is 19.3 Å². The van der Waals surface area contributed by atoms with E-state index in [4.69, 9.17) is 9.47 Å². The molecule has 136 valence electrons. The molecule has 0 aromatic heterocycles. The number of carbonyl (C=O) groups is 1. The van der Waals surface area contributed by atoms with Gasteiger partial charge in [-0.1, -0.05) is 24.6 Å². The van der Waals surface area contributed by atoms with Crippen LogP contribution < -0.4 is 0 Å². The smallest absolute Gasteiger partial charge is 0.253 e. The minimum Gasteiger partial charge on any atom is -0.381 e. The van der Waals surface area contributed by atoms with Gasteiger partial charge in [0.05, 0.1) is 6.61 Å². The van der Waals surface area contributed by atoms with Crippen LogP contribution in [0.25, 0.3) is 0 Å². The lowest BCUT2D eigenvalue weighted by molar-refractivity contribution is -0.0123. The average Bonchev–Trinajstić information content (AvgIpc) is 3.20.